The Morgan fingerprint density at radius 2 is 1.83 bits per heavy atom. The van der Waals surface area contributed by atoms with Crippen molar-refractivity contribution < 1.29 is 42.6 Å². The Bertz CT molecular complexity index is 97.6. The number of aliphatic carboxylic acids is 1. The quantitative estimate of drug-likeness (QED) is 0.464. The van der Waals surface area contributed by atoms with Crippen molar-refractivity contribution in [1.82, 2.24) is 0 Å². The summed E-state index contributed by atoms with van der Waals surface area (Å²) in [6, 6.07) is 0. The minimum atomic E-state index is -0.763. The summed E-state index contributed by atoms with van der Waals surface area (Å²) in [7, 11) is -0.195. The normalized spacial score (nSPS) is 8.25. The van der Waals surface area contributed by atoms with Gasteiger partial charge in [-0.15, -0.1) is 0 Å². The summed E-state index contributed by atoms with van der Waals surface area (Å²) in [6.45, 7) is 5.00. The minimum absolute atomic E-state index is 0. The number of carboxylic acids is 1. The SMILES string of the molecule is C=S(C)CC(=O)O.[B].[CH2-]C.[CH3-].[Y]. The van der Waals surface area contributed by atoms with E-state index in [-0.39, 0.29) is 64.8 Å². The minimum Gasteiger partial charge on any atom is -0.481 e. The van der Waals surface area contributed by atoms with Crippen molar-refractivity contribution in [1.29, 1.82) is 0 Å². The van der Waals surface area contributed by atoms with Crippen LogP contribution >= 0.6 is 10.5 Å². The molecule has 70 valence electrons. The maximum atomic E-state index is 9.78. The van der Waals surface area contributed by atoms with Crippen molar-refractivity contribution in [2.75, 3.05) is 12.0 Å². The van der Waals surface area contributed by atoms with E-state index in [9.17, 15) is 4.79 Å². The maximum Gasteiger partial charge on any atom is 0.312 e. The van der Waals surface area contributed by atoms with E-state index in [1.807, 2.05) is 0 Å². The molecule has 1 N–H and O–H groups in total. The molecule has 0 fully saturated rings. The molecule has 0 aliphatic carbocycles. The van der Waals surface area contributed by atoms with Gasteiger partial charge in [0.15, 0.2) is 0 Å². The fourth-order valence-electron chi connectivity index (χ4n) is 0.211. The van der Waals surface area contributed by atoms with Crippen molar-refractivity contribution >= 4 is 30.7 Å². The zero-order valence-electron chi connectivity index (χ0n) is 8.04. The third-order valence-electron chi connectivity index (χ3n) is 0.370. The van der Waals surface area contributed by atoms with Gasteiger partial charge in [-0.1, -0.05) is 5.87 Å². The summed E-state index contributed by atoms with van der Waals surface area (Å²) in [4.78, 5) is 9.78. The Hall–Kier alpha value is 0.859. The molecule has 0 aromatic rings. The van der Waals surface area contributed by atoms with Gasteiger partial charge >= 0.3 is 5.97 Å². The first-order chi connectivity index (χ1) is 4.13. The molecule has 4 radical (unpaired) electrons. The zero-order chi connectivity index (χ0) is 7.86. The number of rotatable bonds is 2. The maximum absolute atomic E-state index is 9.78. The second-order valence-corrected chi connectivity index (χ2v) is 3.17. The van der Waals surface area contributed by atoms with E-state index < -0.39 is 5.97 Å². The van der Waals surface area contributed by atoms with E-state index in [1.54, 1.807) is 13.2 Å². The summed E-state index contributed by atoms with van der Waals surface area (Å²) in [5, 5.41) is 8.05. The van der Waals surface area contributed by atoms with Gasteiger partial charge in [0.2, 0.25) is 0 Å². The Kier molecular flexibility index (Phi) is 55.2. The third kappa shape index (κ3) is 44.7. The monoisotopic (exact) mass is 264 g/mol. The summed E-state index contributed by atoms with van der Waals surface area (Å²) >= 11 is 0. The Morgan fingerprint density at radius 1 is 1.58 bits per heavy atom. The predicted molar refractivity (Wildman–Crippen MR) is 56.3 cm³/mol. The number of carboxylic acid groups (broad SMARTS) is 1. The third-order valence-corrected chi connectivity index (χ3v) is 1.11. The van der Waals surface area contributed by atoms with Gasteiger partial charge in [-0.2, -0.15) is 17.4 Å². The van der Waals surface area contributed by atoms with Crippen LogP contribution in [0.5, 0.6) is 0 Å². The van der Waals surface area contributed by atoms with E-state index in [0.29, 0.717) is 0 Å². The van der Waals surface area contributed by atoms with Crippen molar-refractivity contribution in [2.45, 2.75) is 6.92 Å². The number of hydrogen-bond donors (Lipinski definition) is 1. The predicted octanol–water partition coefficient (Wildman–Crippen LogP) is 1.31. The van der Waals surface area contributed by atoms with Crippen molar-refractivity contribution in [3.63, 3.8) is 0 Å². The fraction of sp³-hybridized carbons (Fsp3) is 0.429. The van der Waals surface area contributed by atoms with Gasteiger partial charge in [0.05, 0.1) is 5.75 Å². The van der Waals surface area contributed by atoms with Crippen LogP contribution in [0, 0.1) is 14.4 Å². The Morgan fingerprint density at radius 3 is 1.83 bits per heavy atom. The van der Waals surface area contributed by atoms with Crippen LogP contribution in [0.4, 0.5) is 0 Å². The zero-order valence-corrected chi connectivity index (χ0v) is 11.7. The molecule has 12 heavy (non-hydrogen) atoms. The van der Waals surface area contributed by atoms with Gasteiger partial charge in [-0.25, -0.2) is 0 Å². The smallest absolute Gasteiger partial charge is 0.312 e. The molecule has 1 unspecified atom stereocenters. The fourth-order valence-corrected chi connectivity index (χ4v) is 0.632. The molecule has 0 heterocycles. The second kappa shape index (κ2) is 22.6. The van der Waals surface area contributed by atoms with Crippen molar-refractivity contribution in [2.24, 2.45) is 0 Å². The van der Waals surface area contributed by atoms with Crippen LogP contribution in [0.1, 0.15) is 6.92 Å². The average Bonchev–Trinajstić information content (AvgIpc) is 1.68. The summed E-state index contributed by atoms with van der Waals surface area (Å²) in [5.74, 6) is 2.96. The van der Waals surface area contributed by atoms with Gasteiger partial charge in [0, 0.05) is 41.1 Å². The molecule has 0 aromatic carbocycles. The van der Waals surface area contributed by atoms with Crippen molar-refractivity contribution in [3.05, 3.63) is 14.4 Å². The molecule has 0 bridgehead atoms. The van der Waals surface area contributed by atoms with E-state index in [2.05, 4.69) is 12.8 Å². The Labute approximate surface area is 106 Å². The van der Waals surface area contributed by atoms with E-state index in [1.165, 1.54) is 0 Å². The first-order valence-electron chi connectivity index (χ1n) is 2.47. The van der Waals surface area contributed by atoms with Crippen LogP contribution in [-0.4, -0.2) is 37.4 Å². The summed E-state index contributed by atoms with van der Waals surface area (Å²) < 4.78 is 0. The molecular formula is C7H16BO2SY-2. The molecule has 0 saturated carbocycles. The Balaban J connectivity index is -0.0000000303. The second-order valence-electron chi connectivity index (χ2n) is 1.32. The number of hydrogen-bond acceptors (Lipinski definition) is 1. The van der Waals surface area contributed by atoms with Crippen LogP contribution in [0.2, 0.25) is 0 Å². The molecule has 0 amide bonds. The molecule has 0 saturated heterocycles. The van der Waals surface area contributed by atoms with E-state index >= 15 is 0 Å². The molecular weight excluding hydrogens is 248 g/mol. The molecule has 0 spiro atoms. The molecule has 1 atom stereocenters. The molecule has 0 aliphatic heterocycles. The van der Waals surface area contributed by atoms with Crippen LogP contribution in [0.3, 0.4) is 0 Å². The van der Waals surface area contributed by atoms with Crippen LogP contribution in [0.25, 0.3) is 0 Å². The largest absolute Gasteiger partial charge is 0.481 e. The van der Waals surface area contributed by atoms with Crippen molar-refractivity contribution in [3.8, 4) is 0 Å². The number of carbonyl (C=O) groups is 1. The van der Waals surface area contributed by atoms with Gasteiger partial charge in [0.1, 0.15) is 0 Å². The van der Waals surface area contributed by atoms with Crippen LogP contribution < -0.4 is 0 Å². The molecule has 5 heteroatoms. The standard InChI is InChI=1S/C4H8O2S.C2H5.CH3.B.Y/c1-7(2)3-4(5)6;1-2;;;/h1,3H2,2H3,(H,5,6);1H2,2H3;1H3;;/q;2*-1;;. The van der Waals surface area contributed by atoms with Gasteiger partial charge < -0.3 is 19.5 Å². The van der Waals surface area contributed by atoms with Gasteiger partial charge in [0.25, 0.3) is 0 Å². The molecule has 0 rings (SSSR count). The van der Waals surface area contributed by atoms with Crippen LogP contribution in [-0.2, 0) is 37.5 Å². The van der Waals surface area contributed by atoms with E-state index in [0.717, 1.165) is 0 Å². The molecule has 0 aromatic heterocycles. The van der Waals surface area contributed by atoms with Gasteiger partial charge in [-0.3, -0.25) is 4.79 Å². The van der Waals surface area contributed by atoms with Gasteiger partial charge in [-0.05, 0) is 6.26 Å². The van der Waals surface area contributed by atoms with E-state index in [4.69, 9.17) is 5.11 Å². The topological polar surface area (TPSA) is 37.3 Å². The first-order valence-corrected chi connectivity index (χ1v) is 4.45. The average molecular weight is 264 g/mol. The first kappa shape index (κ1) is 29.3. The molecule has 2 nitrogen and oxygen atoms in total. The van der Waals surface area contributed by atoms with Crippen LogP contribution in [0.15, 0.2) is 0 Å². The molecule has 0 aliphatic rings. The summed E-state index contributed by atoms with van der Waals surface area (Å²) in [6.07, 6.45) is 1.80. The summed E-state index contributed by atoms with van der Waals surface area (Å²) in [5.41, 5.74) is 0.